The number of hydrogen-bond donors (Lipinski definition) is 0. The van der Waals surface area contributed by atoms with Crippen molar-refractivity contribution in [1.82, 2.24) is 9.88 Å². The summed E-state index contributed by atoms with van der Waals surface area (Å²) in [6, 6.07) is 4.83. The van der Waals surface area contributed by atoms with Gasteiger partial charge in [0.2, 0.25) is 0 Å². The predicted octanol–water partition coefficient (Wildman–Crippen LogP) is 4.16. The quantitative estimate of drug-likeness (QED) is 0.724. The van der Waals surface area contributed by atoms with Crippen LogP contribution in [0.2, 0.25) is 0 Å². The van der Waals surface area contributed by atoms with Gasteiger partial charge in [-0.15, -0.1) is 11.3 Å². The number of carbonyl (C=O) groups is 1. The number of ether oxygens (including phenoxy) is 2. The van der Waals surface area contributed by atoms with Gasteiger partial charge in [-0.3, -0.25) is 4.79 Å². The van der Waals surface area contributed by atoms with Gasteiger partial charge in [-0.2, -0.15) is 13.2 Å². The predicted molar refractivity (Wildman–Crippen MR) is 102 cm³/mol. The van der Waals surface area contributed by atoms with Crippen molar-refractivity contribution in [2.24, 2.45) is 0 Å². The third kappa shape index (κ3) is 4.17. The van der Waals surface area contributed by atoms with Crippen molar-refractivity contribution in [3.05, 3.63) is 40.4 Å². The van der Waals surface area contributed by atoms with Crippen molar-refractivity contribution in [3.8, 4) is 10.6 Å². The molecule has 2 aliphatic rings. The minimum absolute atomic E-state index is 0.119. The lowest BCUT2D eigenvalue weighted by atomic mass is 9.94. The van der Waals surface area contributed by atoms with Gasteiger partial charge in [0.25, 0.3) is 5.91 Å². The van der Waals surface area contributed by atoms with E-state index in [1.165, 1.54) is 23.5 Å². The Bertz CT molecular complexity index is 884. The summed E-state index contributed by atoms with van der Waals surface area (Å²) in [5.41, 5.74) is -0.0140. The molecule has 0 aliphatic carbocycles. The summed E-state index contributed by atoms with van der Waals surface area (Å²) >= 11 is 1.21. The molecule has 4 rings (SSSR count). The first-order valence-corrected chi connectivity index (χ1v) is 10.3. The molecule has 3 heterocycles. The smallest absolute Gasteiger partial charge is 0.378 e. The fraction of sp³-hybridized carbons (Fsp3) is 0.500. The molecule has 1 aromatic carbocycles. The maximum absolute atomic E-state index is 13.1. The summed E-state index contributed by atoms with van der Waals surface area (Å²) in [5.74, 6) is -0.119. The molecular formula is C20H21F3N2O3S. The van der Waals surface area contributed by atoms with Gasteiger partial charge < -0.3 is 14.4 Å². The lowest BCUT2D eigenvalue weighted by Crippen LogP contribution is -2.57. The van der Waals surface area contributed by atoms with Crippen molar-refractivity contribution < 1.29 is 27.4 Å². The third-order valence-electron chi connectivity index (χ3n) is 5.27. The zero-order chi connectivity index (χ0) is 20.6. The second-order valence-corrected chi connectivity index (χ2v) is 8.42. The fourth-order valence-electron chi connectivity index (χ4n) is 3.75. The highest BCUT2D eigenvalue weighted by atomic mass is 32.1. The molecule has 2 saturated heterocycles. The first-order chi connectivity index (χ1) is 13.8. The zero-order valence-electron chi connectivity index (χ0n) is 15.9. The van der Waals surface area contributed by atoms with Crippen molar-refractivity contribution in [2.75, 3.05) is 32.9 Å². The van der Waals surface area contributed by atoms with Crippen LogP contribution >= 0.6 is 11.3 Å². The summed E-state index contributed by atoms with van der Waals surface area (Å²) in [5, 5.41) is 0.531. The van der Waals surface area contributed by atoms with Crippen molar-refractivity contribution in [2.45, 2.75) is 31.5 Å². The number of amides is 1. The molecule has 1 aromatic heterocycles. The lowest BCUT2D eigenvalue weighted by molar-refractivity contribution is -0.160. The highest BCUT2D eigenvalue weighted by molar-refractivity contribution is 7.17. The highest BCUT2D eigenvalue weighted by Crippen LogP contribution is 2.34. The number of rotatable bonds is 2. The zero-order valence-corrected chi connectivity index (χ0v) is 16.7. The summed E-state index contributed by atoms with van der Waals surface area (Å²) in [4.78, 5) is 19.8. The Labute approximate surface area is 170 Å². The van der Waals surface area contributed by atoms with Gasteiger partial charge in [-0.1, -0.05) is 12.1 Å². The molecule has 2 fully saturated rings. The molecule has 156 valence electrons. The Kier molecular flexibility index (Phi) is 5.39. The van der Waals surface area contributed by atoms with E-state index in [2.05, 4.69) is 4.98 Å². The second-order valence-electron chi connectivity index (χ2n) is 7.42. The molecule has 1 spiro atoms. The molecule has 9 heteroatoms. The van der Waals surface area contributed by atoms with E-state index in [4.69, 9.17) is 9.47 Å². The standard InChI is InChI=1S/C20H21F3N2O3S/c1-13-16(18(26)25-8-10-28-19(11-25)7-2-9-27-12-19)29-17(24-13)14-3-5-15(6-4-14)20(21,22)23/h3-6H,2,7-12H2,1H3. The van der Waals surface area contributed by atoms with Crippen LogP contribution in [0.25, 0.3) is 10.6 Å². The average Bonchev–Trinajstić information content (AvgIpc) is 3.09. The first kappa shape index (κ1) is 20.3. The number of alkyl halides is 3. The van der Waals surface area contributed by atoms with Gasteiger partial charge in [-0.25, -0.2) is 4.98 Å². The van der Waals surface area contributed by atoms with Gasteiger partial charge >= 0.3 is 6.18 Å². The van der Waals surface area contributed by atoms with E-state index in [0.29, 0.717) is 54.1 Å². The van der Waals surface area contributed by atoms with E-state index >= 15 is 0 Å². The van der Waals surface area contributed by atoms with E-state index in [9.17, 15) is 18.0 Å². The van der Waals surface area contributed by atoms with Crippen LogP contribution in [0.5, 0.6) is 0 Å². The van der Waals surface area contributed by atoms with Crippen LogP contribution < -0.4 is 0 Å². The minimum Gasteiger partial charge on any atom is -0.378 e. The fourth-order valence-corrected chi connectivity index (χ4v) is 4.79. The molecule has 0 radical (unpaired) electrons. The van der Waals surface area contributed by atoms with E-state index in [-0.39, 0.29) is 5.91 Å². The van der Waals surface area contributed by atoms with E-state index in [0.717, 1.165) is 25.0 Å². The van der Waals surface area contributed by atoms with E-state index < -0.39 is 17.3 Å². The molecule has 2 aliphatic heterocycles. The third-order valence-corrected chi connectivity index (χ3v) is 6.47. The lowest BCUT2D eigenvalue weighted by Gasteiger charge is -2.44. The maximum Gasteiger partial charge on any atom is 0.416 e. The minimum atomic E-state index is -4.38. The van der Waals surface area contributed by atoms with Crippen LogP contribution in [0, 0.1) is 6.92 Å². The molecule has 0 saturated carbocycles. The number of halogens is 3. The molecule has 5 nitrogen and oxygen atoms in total. The second kappa shape index (κ2) is 7.70. The highest BCUT2D eigenvalue weighted by Gasteiger charge is 2.41. The normalized spacial score (nSPS) is 22.8. The Morgan fingerprint density at radius 1 is 1.24 bits per heavy atom. The molecule has 1 amide bonds. The number of morpholine rings is 1. The van der Waals surface area contributed by atoms with Gasteiger partial charge in [0.15, 0.2) is 0 Å². The summed E-state index contributed by atoms with van der Waals surface area (Å²) in [6.07, 6.45) is -2.62. The molecule has 1 atom stereocenters. The number of aryl methyl sites for hydroxylation is 1. The Morgan fingerprint density at radius 2 is 2.00 bits per heavy atom. The molecule has 29 heavy (non-hydrogen) atoms. The van der Waals surface area contributed by atoms with Gasteiger partial charge in [0, 0.05) is 18.7 Å². The average molecular weight is 426 g/mol. The molecule has 1 unspecified atom stereocenters. The molecule has 0 bridgehead atoms. The molecular weight excluding hydrogens is 405 g/mol. The Hall–Kier alpha value is -1.97. The number of benzene rings is 1. The molecule has 0 N–H and O–H groups in total. The maximum atomic E-state index is 13.1. The topological polar surface area (TPSA) is 51.7 Å². The molecule has 2 aromatic rings. The van der Waals surface area contributed by atoms with Gasteiger partial charge in [-0.05, 0) is 31.9 Å². The van der Waals surface area contributed by atoms with Crippen LogP contribution in [0.15, 0.2) is 24.3 Å². The van der Waals surface area contributed by atoms with Crippen molar-refractivity contribution in [1.29, 1.82) is 0 Å². The SMILES string of the molecule is Cc1nc(-c2ccc(C(F)(F)F)cc2)sc1C(=O)N1CCOC2(CCCOC2)C1. The van der Waals surface area contributed by atoms with Gasteiger partial charge in [0.05, 0.1) is 31.0 Å². The van der Waals surface area contributed by atoms with Crippen LogP contribution in [0.4, 0.5) is 13.2 Å². The summed E-state index contributed by atoms with van der Waals surface area (Å²) < 4.78 is 49.8. The number of nitrogens with zero attached hydrogens (tertiary/aromatic N) is 2. The van der Waals surface area contributed by atoms with Crippen LogP contribution in [-0.4, -0.2) is 54.3 Å². The Morgan fingerprint density at radius 3 is 2.66 bits per heavy atom. The van der Waals surface area contributed by atoms with Crippen LogP contribution in [-0.2, 0) is 15.7 Å². The monoisotopic (exact) mass is 426 g/mol. The number of carbonyl (C=O) groups excluding carboxylic acids is 1. The van der Waals surface area contributed by atoms with E-state index in [1.54, 1.807) is 11.8 Å². The van der Waals surface area contributed by atoms with Crippen molar-refractivity contribution >= 4 is 17.2 Å². The number of thiazole rings is 1. The largest absolute Gasteiger partial charge is 0.416 e. The van der Waals surface area contributed by atoms with Crippen molar-refractivity contribution in [3.63, 3.8) is 0 Å². The first-order valence-electron chi connectivity index (χ1n) is 9.43. The number of hydrogen-bond acceptors (Lipinski definition) is 5. The summed E-state index contributed by atoms with van der Waals surface area (Å²) in [7, 11) is 0. The van der Waals surface area contributed by atoms with Crippen LogP contribution in [0.1, 0.15) is 33.8 Å². The van der Waals surface area contributed by atoms with Crippen LogP contribution in [0.3, 0.4) is 0 Å². The summed E-state index contributed by atoms with van der Waals surface area (Å²) in [6.45, 7) is 4.36. The number of aromatic nitrogens is 1. The van der Waals surface area contributed by atoms with E-state index in [1.807, 2.05) is 0 Å². The Balaban J connectivity index is 1.53. The van der Waals surface area contributed by atoms with Gasteiger partial charge in [0.1, 0.15) is 15.5 Å².